The molecule has 0 bridgehead atoms. The van der Waals surface area contributed by atoms with Crippen LogP contribution in [0.2, 0.25) is 0 Å². The fourth-order valence-corrected chi connectivity index (χ4v) is 8.14. The highest BCUT2D eigenvalue weighted by Gasteiger charge is 2.34. The average Bonchev–Trinajstić information content (AvgIpc) is 3.76. The van der Waals surface area contributed by atoms with Gasteiger partial charge in [-0.15, -0.1) is 0 Å². The van der Waals surface area contributed by atoms with E-state index in [1.165, 1.54) is 12.1 Å². The lowest BCUT2D eigenvalue weighted by Gasteiger charge is -2.22. The van der Waals surface area contributed by atoms with Crippen LogP contribution < -0.4 is 9.47 Å². The van der Waals surface area contributed by atoms with Gasteiger partial charge < -0.3 is 18.6 Å². The first-order valence-corrected chi connectivity index (χ1v) is 18.4. The van der Waals surface area contributed by atoms with Crippen LogP contribution in [0.1, 0.15) is 22.3 Å². The van der Waals surface area contributed by atoms with E-state index in [9.17, 15) is 36.9 Å². The van der Waals surface area contributed by atoms with Crippen LogP contribution in [0.3, 0.4) is 0 Å². The van der Waals surface area contributed by atoms with Crippen molar-refractivity contribution in [2.24, 2.45) is 0 Å². The molecule has 0 unspecified atom stereocenters. The van der Waals surface area contributed by atoms with Crippen molar-refractivity contribution < 1.29 is 35.8 Å². The summed E-state index contributed by atoms with van der Waals surface area (Å²) < 4.78 is 100. The molecule has 0 radical (unpaired) electrons. The molecule has 2 heterocycles. The van der Waals surface area contributed by atoms with Gasteiger partial charge in [-0.2, -0.15) is 36.9 Å². The molecule has 7 aromatic carbocycles. The molecule has 0 aliphatic rings. The monoisotopic (exact) mass is 806 g/mol. The molecule has 2 aromatic heterocycles. The van der Waals surface area contributed by atoms with Crippen LogP contribution in [0.25, 0.3) is 77.2 Å². The third-order valence-corrected chi connectivity index (χ3v) is 10.9. The Hall–Kier alpha value is -7.70. The highest BCUT2D eigenvalue weighted by Crippen LogP contribution is 2.46. The first-order valence-electron chi connectivity index (χ1n) is 18.4. The molecule has 9 aromatic rings. The minimum Gasteiger partial charge on any atom is -0.497 e. The summed E-state index contributed by atoms with van der Waals surface area (Å²) in [5.41, 5.74) is 3.07. The molecule has 0 saturated heterocycles. The summed E-state index contributed by atoms with van der Waals surface area (Å²) in [5.74, 6) is 1.12. The number of methoxy groups -OCH3 is 2. The second-order valence-electron chi connectivity index (χ2n) is 14.1. The Morgan fingerprint density at radius 2 is 0.833 bits per heavy atom. The maximum atomic E-state index is 14.2. The lowest BCUT2D eigenvalue weighted by molar-refractivity contribution is -0.138. The van der Waals surface area contributed by atoms with E-state index in [0.29, 0.717) is 50.7 Å². The number of fused-ring (bicyclic) bond motifs is 6. The molecule has 0 atom stereocenters. The third-order valence-electron chi connectivity index (χ3n) is 10.9. The van der Waals surface area contributed by atoms with E-state index < -0.39 is 23.5 Å². The molecule has 0 saturated carbocycles. The van der Waals surface area contributed by atoms with Crippen molar-refractivity contribution >= 4 is 43.6 Å². The largest absolute Gasteiger partial charge is 0.497 e. The summed E-state index contributed by atoms with van der Waals surface area (Å²) in [5, 5.41) is 22.6. The number of ether oxygens (including phenoxy) is 2. The molecule has 0 N–H and O–H groups in total. The number of benzene rings is 7. The summed E-state index contributed by atoms with van der Waals surface area (Å²) >= 11 is 0. The number of rotatable bonds is 6. The minimum atomic E-state index is -4.79. The van der Waals surface area contributed by atoms with Crippen LogP contribution in [0.5, 0.6) is 11.5 Å². The van der Waals surface area contributed by atoms with E-state index >= 15 is 0 Å². The Labute approximate surface area is 337 Å². The van der Waals surface area contributed by atoms with Crippen LogP contribution in [0, 0.1) is 22.7 Å². The average molecular weight is 807 g/mol. The lowest BCUT2D eigenvalue weighted by atomic mass is 9.91. The van der Waals surface area contributed by atoms with Gasteiger partial charge in [-0.25, -0.2) is 0 Å². The van der Waals surface area contributed by atoms with E-state index in [-0.39, 0.29) is 27.4 Å². The lowest BCUT2D eigenvalue weighted by Crippen LogP contribution is -2.06. The highest BCUT2D eigenvalue weighted by atomic mass is 19.4. The van der Waals surface area contributed by atoms with Crippen molar-refractivity contribution in [2.75, 3.05) is 14.2 Å². The number of nitriles is 2. The van der Waals surface area contributed by atoms with E-state index in [1.54, 1.807) is 73.4 Å². The third kappa shape index (κ3) is 6.04. The summed E-state index contributed by atoms with van der Waals surface area (Å²) in [6, 6.07) is 39.2. The number of alkyl halides is 6. The van der Waals surface area contributed by atoms with Gasteiger partial charge >= 0.3 is 12.4 Å². The Morgan fingerprint density at radius 3 is 1.22 bits per heavy atom. The Balaban J connectivity index is 1.52. The van der Waals surface area contributed by atoms with Crippen molar-refractivity contribution in [2.45, 2.75) is 12.4 Å². The van der Waals surface area contributed by atoms with Gasteiger partial charge in [0.15, 0.2) is 0 Å². The topological polar surface area (TPSA) is 75.9 Å². The van der Waals surface area contributed by atoms with Crippen LogP contribution in [0.4, 0.5) is 26.3 Å². The Bertz CT molecular complexity index is 3180. The Morgan fingerprint density at radius 1 is 0.433 bits per heavy atom. The van der Waals surface area contributed by atoms with Crippen LogP contribution >= 0.6 is 0 Å². The zero-order valence-corrected chi connectivity index (χ0v) is 31.6. The van der Waals surface area contributed by atoms with Gasteiger partial charge in [-0.1, -0.05) is 36.4 Å². The predicted molar refractivity (Wildman–Crippen MR) is 219 cm³/mol. The van der Waals surface area contributed by atoms with Gasteiger partial charge in [-0.05, 0) is 84.9 Å². The number of halogens is 6. The van der Waals surface area contributed by atoms with Gasteiger partial charge in [0, 0.05) is 55.9 Å². The fourth-order valence-electron chi connectivity index (χ4n) is 8.14. The van der Waals surface area contributed by atoms with Crippen molar-refractivity contribution in [3.63, 3.8) is 0 Å². The van der Waals surface area contributed by atoms with Crippen molar-refractivity contribution in [3.05, 3.63) is 156 Å². The van der Waals surface area contributed by atoms with Gasteiger partial charge in [-0.3, -0.25) is 0 Å². The highest BCUT2D eigenvalue weighted by molar-refractivity contribution is 6.12. The van der Waals surface area contributed by atoms with Gasteiger partial charge in [0.2, 0.25) is 0 Å². The number of hydrogen-bond acceptors (Lipinski definition) is 4. The van der Waals surface area contributed by atoms with E-state index in [1.807, 2.05) is 47.0 Å². The van der Waals surface area contributed by atoms with Crippen molar-refractivity contribution in [3.8, 4) is 57.3 Å². The molecular formula is C48H28F6N4O2. The number of nitrogens with zero attached hydrogens (tertiary/aromatic N) is 4. The van der Waals surface area contributed by atoms with E-state index in [2.05, 4.69) is 12.1 Å². The summed E-state index contributed by atoms with van der Waals surface area (Å²) in [7, 11) is 3.11. The maximum absolute atomic E-state index is 14.2. The van der Waals surface area contributed by atoms with Crippen LogP contribution in [0.15, 0.2) is 133 Å². The van der Waals surface area contributed by atoms with Gasteiger partial charge in [0.05, 0.1) is 82.1 Å². The molecule has 0 fully saturated rings. The SMILES string of the molecule is COc1ccc2c3ccc(OC)cc3n(-c3cc(-c4ccccc4C#N)c(-n4c5ccc(C(F)(F)F)cc5c5cc(C(F)(F)F)ccc54)cc3-c3ccccc3C#N)c2c1. The quantitative estimate of drug-likeness (QED) is 0.157. The first-order chi connectivity index (χ1) is 28.8. The van der Waals surface area contributed by atoms with Crippen LogP contribution in [-0.2, 0) is 12.4 Å². The summed E-state index contributed by atoms with van der Waals surface area (Å²) in [4.78, 5) is 0. The second-order valence-corrected chi connectivity index (χ2v) is 14.1. The van der Waals surface area contributed by atoms with E-state index in [4.69, 9.17) is 9.47 Å². The predicted octanol–water partition coefficient (Wildman–Crippen LogP) is 13.0. The standard InChI is InChI=1S/C48H28F6N4O2/c1-59-31-13-15-35-36-16-14-32(60-2)22-44(36)58(43(35)21-31)46-24-39(33-9-5-3-7-27(33)25-55)45(23-40(46)34-10-6-4-8-28(34)26-56)57-41-17-11-29(47(49,50)51)19-37(41)38-20-30(48(52,53)54)12-18-42(38)57/h3-24H,1-2H3. The molecule has 60 heavy (non-hydrogen) atoms. The first kappa shape index (κ1) is 37.9. The molecule has 0 spiro atoms. The molecule has 0 aliphatic heterocycles. The minimum absolute atomic E-state index is 0.0601. The second kappa shape index (κ2) is 14.0. The summed E-state index contributed by atoms with van der Waals surface area (Å²) in [6.45, 7) is 0. The Kier molecular flexibility index (Phi) is 8.83. The van der Waals surface area contributed by atoms with Crippen molar-refractivity contribution in [1.82, 2.24) is 9.13 Å². The molecule has 294 valence electrons. The molecule has 0 amide bonds. The molecular weight excluding hydrogens is 779 g/mol. The maximum Gasteiger partial charge on any atom is 0.416 e. The van der Waals surface area contributed by atoms with Gasteiger partial charge in [0.1, 0.15) is 11.5 Å². The zero-order chi connectivity index (χ0) is 42.1. The molecule has 12 heteroatoms. The molecule has 0 aliphatic carbocycles. The molecule has 9 rings (SSSR count). The zero-order valence-electron chi connectivity index (χ0n) is 31.6. The van der Waals surface area contributed by atoms with Crippen molar-refractivity contribution in [1.29, 1.82) is 10.5 Å². The van der Waals surface area contributed by atoms with Gasteiger partial charge in [0.25, 0.3) is 0 Å². The normalized spacial score (nSPS) is 12.0. The summed E-state index contributed by atoms with van der Waals surface area (Å²) in [6.07, 6.45) is -9.57. The van der Waals surface area contributed by atoms with Crippen LogP contribution in [-0.4, -0.2) is 23.4 Å². The fraction of sp³-hybridized carbons (Fsp3) is 0.0833. The molecule has 6 nitrogen and oxygen atoms in total. The smallest absolute Gasteiger partial charge is 0.416 e. The number of aromatic nitrogens is 2. The van der Waals surface area contributed by atoms with E-state index in [0.717, 1.165) is 46.1 Å². The number of hydrogen-bond donors (Lipinski definition) is 0.